The van der Waals surface area contributed by atoms with Crippen LogP contribution in [0.5, 0.6) is 0 Å². The molecular formula is C24H20F3N5O2S. The van der Waals surface area contributed by atoms with Gasteiger partial charge in [0.25, 0.3) is 0 Å². The first-order chi connectivity index (χ1) is 16.6. The fourth-order valence-electron chi connectivity index (χ4n) is 3.63. The van der Waals surface area contributed by atoms with Crippen molar-refractivity contribution in [3.05, 3.63) is 72.1 Å². The van der Waals surface area contributed by atoms with Crippen LogP contribution in [0, 0.1) is 11.3 Å². The molecule has 35 heavy (non-hydrogen) atoms. The van der Waals surface area contributed by atoms with E-state index in [2.05, 4.69) is 16.0 Å². The van der Waals surface area contributed by atoms with Crippen molar-refractivity contribution in [1.29, 1.82) is 5.26 Å². The summed E-state index contributed by atoms with van der Waals surface area (Å²) in [6, 6.07) is 13.5. The van der Waals surface area contributed by atoms with Gasteiger partial charge in [0.2, 0.25) is 10.0 Å². The average molecular weight is 500 g/mol. The Hall–Kier alpha value is -3.75. The number of fused-ring (bicyclic) bond motifs is 1. The maximum absolute atomic E-state index is 12.8. The Morgan fingerprint density at radius 3 is 2.40 bits per heavy atom. The molecule has 0 aliphatic heterocycles. The molecule has 0 saturated carbocycles. The van der Waals surface area contributed by atoms with Crippen molar-refractivity contribution in [2.24, 2.45) is 0 Å². The van der Waals surface area contributed by atoms with Crippen LogP contribution in [0.1, 0.15) is 25.0 Å². The maximum atomic E-state index is 12.8. The van der Waals surface area contributed by atoms with E-state index in [1.807, 2.05) is 43.3 Å². The second-order valence-corrected chi connectivity index (χ2v) is 9.55. The van der Waals surface area contributed by atoms with E-state index in [-0.39, 0.29) is 5.69 Å². The molecule has 0 amide bonds. The van der Waals surface area contributed by atoms with Gasteiger partial charge >= 0.3 is 6.18 Å². The molecule has 1 N–H and O–H groups in total. The molecule has 3 aromatic heterocycles. The molecule has 1 unspecified atom stereocenters. The van der Waals surface area contributed by atoms with Crippen LogP contribution in [-0.4, -0.2) is 35.2 Å². The van der Waals surface area contributed by atoms with Gasteiger partial charge in [-0.15, -0.1) is 0 Å². The van der Waals surface area contributed by atoms with E-state index in [0.717, 1.165) is 17.8 Å². The van der Waals surface area contributed by atoms with Gasteiger partial charge in [-0.2, -0.15) is 23.2 Å². The lowest BCUT2D eigenvalue weighted by Gasteiger charge is -2.17. The van der Waals surface area contributed by atoms with Crippen LogP contribution in [0.2, 0.25) is 0 Å². The lowest BCUT2D eigenvalue weighted by Crippen LogP contribution is -2.42. The summed E-state index contributed by atoms with van der Waals surface area (Å²) in [5, 5.41) is 10.6. The number of hydrogen-bond donors (Lipinski definition) is 1. The average Bonchev–Trinajstić information content (AvgIpc) is 3.17. The minimum absolute atomic E-state index is 0.268. The fraction of sp³-hybridized carbons (Fsp3) is 0.208. The smallest absolute Gasteiger partial charge is 0.291 e. The third kappa shape index (κ3) is 4.62. The summed E-state index contributed by atoms with van der Waals surface area (Å²) < 4.78 is 66.8. The van der Waals surface area contributed by atoms with Crippen molar-refractivity contribution in [3.63, 3.8) is 0 Å². The molecule has 0 fully saturated rings. The Bertz CT molecular complexity index is 1520. The zero-order valence-electron chi connectivity index (χ0n) is 18.7. The molecule has 0 aliphatic carbocycles. The van der Waals surface area contributed by atoms with Crippen LogP contribution in [-0.2, 0) is 16.4 Å². The van der Waals surface area contributed by atoms with Gasteiger partial charge in [0, 0.05) is 23.5 Å². The maximum Gasteiger partial charge on any atom is 0.404 e. The highest BCUT2D eigenvalue weighted by Gasteiger charge is 2.39. The summed E-state index contributed by atoms with van der Waals surface area (Å²) in [6.07, 6.45) is -1.32. The number of sulfonamides is 1. The lowest BCUT2D eigenvalue weighted by atomic mass is 10.1. The van der Waals surface area contributed by atoms with Gasteiger partial charge in [0.1, 0.15) is 22.7 Å². The van der Waals surface area contributed by atoms with Crippen molar-refractivity contribution in [2.45, 2.75) is 37.4 Å². The first kappa shape index (κ1) is 24.4. The number of aryl methyl sites for hydroxylation is 1. The van der Waals surface area contributed by atoms with Crippen LogP contribution in [0.3, 0.4) is 0 Å². The van der Waals surface area contributed by atoms with E-state index in [1.165, 1.54) is 6.07 Å². The number of benzene rings is 1. The van der Waals surface area contributed by atoms with E-state index in [1.54, 1.807) is 15.5 Å². The second-order valence-electron chi connectivity index (χ2n) is 7.84. The number of para-hydroxylation sites is 1. The molecule has 0 aliphatic rings. The van der Waals surface area contributed by atoms with Crippen molar-refractivity contribution >= 4 is 21.1 Å². The number of nitriles is 1. The van der Waals surface area contributed by atoms with Gasteiger partial charge in [-0.05, 0) is 49.2 Å². The van der Waals surface area contributed by atoms with E-state index in [9.17, 15) is 26.9 Å². The van der Waals surface area contributed by atoms with E-state index in [4.69, 9.17) is 0 Å². The fourth-order valence-corrected chi connectivity index (χ4v) is 4.81. The molecule has 1 aromatic carbocycles. The van der Waals surface area contributed by atoms with Crippen LogP contribution in [0.15, 0.2) is 65.8 Å². The Balaban J connectivity index is 1.88. The third-order valence-electron chi connectivity index (χ3n) is 5.51. The topological polar surface area (TPSA) is 101 Å². The van der Waals surface area contributed by atoms with Crippen LogP contribution < -0.4 is 4.72 Å². The minimum atomic E-state index is -4.73. The summed E-state index contributed by atoms with van der Waals surface area (Å²) in [6.45, 7) is 2.69. The summed E-state index contributed by atoms with van der Waals surface area (Å²) in [7, 11) is -4.47. The number of nitrogens with zero attached hydrogens (tertiary/aromatic N) is 4. The van der Waals surface area contributed by atoms with Gasteiger partial charge in [-0.1, -0.05) is 25.1 Å². The van der Waals surface area contributed by atoms with E-state index >= 15 is 0 Å². The predicted octanol–water partition coefficient (Wildman–Crippen LogP) is 4.75. The largest absolute Gasteiger partial charge is 0.404 e. The van der Waals surface area contributed by atoms with Crippen molar-refractivity contribution in [3.8, 4) is 23.1 Å². The molecule has 4 aromatic rings. The Labute approximate surface area is 199 Å². The molecule has 0 radical (unpaired) electrons. The second kappa shape index (κ2) is 9.13. The summed E-state index contributed by atoms with van der Waals surface area (Å²) in [4.78, 5) is 8.36. The SMILES string of the molecule is CCc1cnc2c(c1)c(C#N)c(-c1ccc(S(=O)(=O)NC(C)C(F)(F)F)cn1)n2-c1ccccc1. The molecule has 0 bridgehead atoms. The Morgan fingerprint density at radius 2 is 1.83 bits per heavy atom. The standard InChI is InChI=1S/C24H20F3N5O2S/c1-3-16-11-19-20(12-28)22(32(23(19)30-13-16)17-7-5-4-6-8-17)21-10-9-18(14-29-21)35(33,34)31-15(2)24(25,26)27/h4-11,13-15,31H,3H2,1-2H3. The number of alkyl halides is 3. The predicted molar refractivity (Wildman–Crippen MR) is 124 cm³/mol. The Morgan fingerprint density at radius 1 is 1.11 bits per heavy atom. The molecule has 180 valence electrons. The highest BCUT2D eigenvalue weighted by atomic mass is 32.2. The molecule has 11 heteroatoms. The highest BCUT2D eigenvalue weighted by Crippen LogP contribution is 2.35. The molecule has 1 atom stereocenters. The lowest BCUT2D eigenvalue weighted by molar-refractivity contribution is -0.147. The number of pyridine rings is 2. The van der Waals surface area contributed by atoms with E-state index in [0.29, 0.717) is 41.3 Å². The van der Waals surface area contributed by atoms with Crippen LogP contribution >= 0.6 is 0 Å². The highest BCUT2D eigenvalue weighted by molar-refractivity contribution is 7.89. The number of hydrogen-bond acceptors (Lipinski definition) is 5. The van der Waals surface area contributed by atoms with Gasteiger partial charge in [0.05, 0.1) is 17.0 Å². The van der Waals surface area contributed by atoms with Gasteiger partial charge < -0.3 is 0 Å². The Kier molecular flexibility index (Phi) is 6.36. The minimum Gasteiger partial charge on any atom is -0.291 e. The quantitative estimate of drug-likeness (QED) is 0.413. The number of halogens is 3. The summed E-state index contributed by atoms with van der Waals surface area (Å²) >= 11 is 0. The normalized spacial score (nSPS) is 13.0. The van der Waals surface area contributed by atoms with Crippen LogP contribution in [0.4, 0.5) is 13.2 Å². The number of nitrogens with one attached hydrogen (secondary N) is 1. The monoisotopic (exact) mass is 499 g/mol. The van der Waals surface area contributed by atoms with Gasteiger partial charge in [-0.25, -0.2) is 13.4 Å². The van der Waals surface area contributed by atoms with Crippen molar-refractivity contribution < 1.29 is 21.6 Å². The molecule has 3 heterocycles. The molecule has 0 saturated heterocycles. The first-order valence-electron chi connectivity index (χ1n) is 10.6. The van der Waals surface area contributed by atoms with E-state index < -0.39 is 27.1 Å². The van der Waals surface area contributed by atoms with Gasteiger partial charge in [-0.3, -0.25) is 9.55 Å². The number of aromatic nitrogens is 3. The van der Waals surface area contributed by atoms with Crippen molar-refractivity contribution in [1.82, 2.24) is 19.3 Å². The van der Waals surface area contributed by atoms with Crippen LogP contribution in [0.25, 0.3) is 28.1 Å². The van der Waals surface area contributed by atoms with Crippen molar-refractivity contribution in [2.75, 3.05) is 0 Å². The number of rotatable bonds is 6. The zero-order chi connectivity index (χ0) is 25.4. The molecule has 4 rings (SSSR count). The zero-order valence-corrected chi connectivity index (χ0v) is 19.5. The van der Waals surface area contributed by atoms with Gasteiger partial charge in [0.15, 0.2) is 0 Å². The first-order valence-corrected chi connectivity index (χ1v) is 12.1. The molecular weight excluding hydrogens is 479 g/mol. The summed E-state index contributed by atoms with van der Waals surface area (Å²) in [5.74, 6) is 0. The molecule has 0 spiro atoms. The molecule has 7 nitrogen and oxygen atoms in total. The summed E-state index contributed by atoms with van der Waals surface area (Å²) in [5.41, 5.74) is 3.15. The third-order valence-corrected chi connectivity index (χ3v) is 7.04.